The fraction of sp³-hybridized carbons (Fsp3) is 0.250. The zero-order valence-corrected chi connectivity index (χ0v) is 14.0. The summed E-state index contributed by atoms with van der Waals surface area (Å²) in [5.41, 5.74) is 0.830. The number of carbonyl (C=O) groups excluding carboxylic acids is 1. The average molecular weight is 343 g/mol. The number of amides is 1. The molecule has 0 spiro atoms. The Labute approximate surface area is 143 Å². The van der Waals surface area contributed by atoms with E-state index in [9.17, 15) is 4.79 Å². The third-order valence-electron chi connectivity index (χ3n) is 3.26. The van der Waals surface area contributed by atoms with E-state index in [0.29, 0.717) is 18.2 Å². The molecule has 3 rings (SSSR count). The maximum atomic E-state index is 12.6. The lowest BCUT2D eigenvalue weighted by atomic mass is 10.3. The van der Waals surface area contributed by atoms with Gasteiger partial charge in [0.25, 0.3) is 0 Å². The van der Waals surface area contributed by atoms with Crippen LogP contribution in [0.3, 0.4) is 0 Å². The molecule has 0 aliphatic heterocycles. The molecule has 124 valence electrons. The van der Waals surface area contributed by atoms with Gasteiger partial charge in [0.1, 0.15) is 11.6 Å². The normalized spacial score (nSPS) is 10.7. The van der Waals surface area contributed by atoms with E-state index in [0.717, 1.165) is 17.3 Å². The highest BCUT2D eigenvalue weighted by atomic mass is 32.2. The summed E-state index contributed by atoms with van der Waals surface area (Å²) in [7, 11) is 0. The van der Waals surface area contributed by atoms with Crippen molar-refractivity contribution in [1.29, 1.82) is 0 Å². The van der Waals surface area contributed by atoms with Crippen molar-refractivity contribution < 1.29 is 9.21 Å². The first-order valence-corrected chi connectivity index (χ1v) is 8.41. The number of hydrogen-bond acceptors (Lipinski definition) is 6. The molecule has 0 atom stereocenters. The maximum absolute atomic E-state index is 12.6. The number of pyridine rings is 1. The zero-order chi connectivity index (χ0) is 16.8. The maximum Gasteiger partial charge on any atom is 0.233 e. The van der Waals surface area contributed by atoms with Gasteiger partial charge in [-0.25, -0.2) is 4.98 Å². The summed E-state index contributed by atoms with van der Waals surface area (Å²) in [6, 6.07) is 9.31. The van der Waals surface area contributed by atoms with Gasteiger partial charge in [0.15, 0.2) is 0 Å². The molecule has 7 nitrogen and oxygen atoms in total. The van der Waals surface area contributed by atoms with Crippen LogP contribution in [0.5, 0.6) is 0 Å². The highest BCUT2D eigenvalue weighted by Crippen LogP contribution is 2.16. The lowest BCUT2D eigenvalue weighted by Crippen LogP contribution is -2.31. The number of aromatic nitrogens is 4. The Hall–Kier alpha value is -2.61. The fourth-order valence-electron chi connectivity index (χ4n) is 2.11. The van der Waals surface area contributed by atoms with Gasteiger partial charge in [-0.1, -0.05) is 17.8 Å². The molecule has 1 N–H and O–H groups in total. The summed E-state index contributed by atoms with van der Waals surface area (Å²) in [5.74, 6) is 1.69. The molecule has 0 bridgehead atoms. The number of aromatic amines is 1. The van der Waals surface area contributed by atoms with E-state index < -0.39 is 0 Å². The molecule has 0 aliphatic carbocycles. The quantitative estimate of drug-likeness (QED) is 0.663. The first-order chi connectivity index (χ1) is 11.7. The van der Waals surface area contributed by atoms with Crippen molar-refractivity contribution in [3.05, 3.63) is 60.1 Å². The Morgan fingerprint density at radius 2 is 2.21 bits per heavy atom. The van der Waals surface area contributed by atoms with E-state index in [1.54, 1.807) is 17.4 Å². The van der Waals surface area contributed by atoms with Gasteiger partial charge in [0.05, 0.1) is 30.8 Å². The van der Waals surface area contributed by atoms with E-state index >= 15 is 0 Å². The van der Waals surface area contributed by atoms with Crippen LogP contribution in [-0.4, -0.2) is 36.7 Å². The molecular weight excluding hydrogens is 326 g/mol. The first-order valence-electron chi connectivity index (χ1n) is 7.42. The minimum Gasteiger partial charge on any atom is -0.467 e. The van der Waals surface area contributed by atoms with Crippen molar-refractivity contribution in [2.75, 3.05) is 5.75 Å². The third kappa shape index (κ3) is 4.45. The highest BCUT2D eigenvalue weighted by molar-refractivity contribution is 7.99. The predicted octanol–water partition coefficient (Wildman–Crippen LogP) is 2.42. The Balaban J connectivity index is 1.66. The van der Waals surface area contributed by atoms with Crippen molar-refractivity contribution in [3.8, 4) is 0 Å². The molecule has 0 aromatic carbocycles. The lowest BCUT2D eigenvalue weighted by molar-refractivity contribution is -0.129. The van der Waals surface area contributed by atoms with Gasteiger partial charge < -0.3 is 9.32 Å². The molecule has 0 saturated carbocycles. The van der Waals surface area contributed by atoms with Crippen LogP contribution in [0.2, 0.25) is 0 Å². The van der Waals surface area contributed by atoms with Crippen molar-refractivity contribution in [2.45, 2.75) is 25.2 Å². The van der Waals surface area contributed by atoms with Crippen LogP contribution in [0.15, 0.2) is 52.4 Å². The molecule has 3 heterocycles. The Morgan fingerprint density at radius 1 is 1.29 bits per heavy atom. The lowest BCUT2D eigenvalue weighted by Gasteiger charge is -2.21. The van der Waals surface area contributed by atoms with Crippen LogP contribution in [0.1, 0.15) is 17.3 Å². The predicted molar refractivity (Wildman–Crippen MR) is 89.0 cm³/mol. The highest BCUT2D eigenvalue weighted by Gasteiger charge is 2.17. The van der Waals surface area contributed by atoms with Crippen LogP contribution in [0.4, 0.5) is 0 Å². The molecular formula is C16H17N5O2S. The summed E-state index contributed by atoms with van der Waals surface area (Å²) >= 11 is 1.31. The van der Waals surface area contributed by atoms with Crippen molar-refractivity contribution in [2.24, 2.45) is 0 Å². The number of H-pyrrole nitrogens is 1. The van der Waals surface area contributed by atoms with Gasteiger partial charge in [-0.3, -0.25) is 14.9 Å². The zero-order valence-electron chi connectivity index (χ0n) is 13.2. The molecule has 0 radical (unpaired) electrons. The number of furan rings is 1. The number of nitrogens with one attached hydrogen (secondary N) is 1. The molecule has 8 heteroatoms. The molecule has 3 aromatic heterocycles. The number of aryl methyl sites for hydroxylation is 1. The second kappa shape index (κ2) is 7.78. The van der Waals surface area contributed by atoms with Gasteiger partial charge >= 0.3 is 0 Å². The van der Waals surface area contributed by atoms with Gasteiger partial charge in [0.2, 0.25) is 11.1 Å². The summed E-state index contributed by atoms with van der Waals surface area (Å²) < 4.78 is 5.37. The standard InChI is InChI=1S/C16H17N5O2S/c1-12-18-16(20-19-12)24-11-15(22)21(10-14-6-4-8-23-14)9-13-5-2-3-7-17-13/h2-8H,9-11H2,1H3,(H,18,19,20). The minimum atomic E-state index is -0.0236. The first kappa shape index (κ1) is 16.3. The number of carbonyl (C=O) groups is 1. The van der Waals surface area contributed by atoms with E-state index in [2.05, 4.69) is 20.2 Å². The summed E-state index contributed by atoms with van der Waals surface area (Å²) in [6.07, 6.45) is 3.32. The summed E-state index contributed by atoms with van der Waals surface area (Å²) in [6.45, 7) is 2.65. The van der Waals surface area contributed by atoms with Gasteiger partial charge in [-0.15, -0.1) is 5.10 Å². The van der Waals surface area contributed by atoms with Crippen LogP contribution in [0, 0.1) is 6.92 Å². The van der Waals surface area contributed by atoms with Crippen LogP contribution in [0.25, 0.3) is 0 Å². The molecule has 24 heavy (non-hydrogen) atoms. The van der Waals surface area contributed by atoms with Crippen molar-refractivity contribution in [3.63, 3.8) is 0 Å². The Bertz CT molecular complexity index is 773. The monoisotopic (exact) mass is 343 g/mol. The number of thioether (sulfide) groups is 1. The van der Waals surface area contributed by atoms with Crippen LogP contribution >= 0.6 is 11.8 Å². The molecule has 0 aliphatic rings. The Kier molecular flexibility index (Phi) is 5.27. The van der Waals surface area contributed by atoms with E-state index in [1.165, 1.54) is 11.8 Å². The number of nitrogens with zero attached hydrogens (tertiary/aromatic N) is 4. The number of rotatable bonds is 7. The second-order valence-electron chi connectivity index (χ2n) is 5.14. The van der Waals surface area contributed by atoms with Gasteiger partial charge in [-0.05, 0) is 31.2 Å². The van der Waals surface area contributed by atoms with Gasteiger partial charge in [0, 0.05) is 6.20 Å². The SMILES string of the molecule is Cc1nc(SCC(=O)N(Cc2ccccn2)Cc2ccco2)n[nH]1. The second-order valence-corrected chi connectivity index (χ2v) is 6.08. The van der Waals surface area contributed by atoms with E-state index in [4.69, 9.17) is 4.42 Å². The molecule has 0 fully saturated rings. The fourth-order valence-corrected chi connectivity index (χ4v) is 2.86. The molecule has 1 amide bonds. The average Bonchev–Trinajstić information content (AvgIpc) is 3.24. The van der Waals surface area contributed by atoms with Crippen molar-refractivity contribution in [1.82, 2.24) is 25.1 Å². The van der Waals surface area contributed by atoms with Crippen LogP contribution < -0.4 is 0 Å². The van der Waals surface area contributed by atoms with Crippen molar-refractivity contribution >= 4 is 17.7 Å². The smallest absolute Gasteiger partial charge is 0.233 e. The van der Waals surface area contributed by atoms with Crippen LogP contribution in [-0.2, 0) is 17.9 Å². The summed E-state index contributed by atoms with van der Waals surface area (Å²) in [5, 5.41) is 7.36. The molecule has 0 unspecified atom stereocenters. The summed E-state index contributed by atoms with van der Waals surface area (Å²) in [4.78, 5) is 22.8. The minimum absolute atomic E-state index is 0.0236. The Morgan fingerprint density at radius 3 is 2.88 bits per heavy atom. The third-order valence-corrected chi connectivity index (χ3v) is 4.09. The largest absolute Gasteiger partial charge is 0.467 e. The molecule has 0 saturated heterocycles. The topological polar surface area (TPSA) is 87.9 Å². The number of hydrogen-bond donors (Lipinski definition) is 1. The molecule has 3 aromatic rings. The van der Waals surface area contributed by atoms with Gasteiger partial charge in [-0.2, -0.15) is 0 Å². The van der Waals surface area contributed by atoms with E-state index in [-0.39, 0.29) is 11.7 Å². The van der Waals surface area contributed by atoms with E-state index in [1.807, 2.05) is 37.3 Å².